The first-order valence-corrected chi connectivity index (χ1v) is 10.9. The number of benzene rings is 1. The summed E-state index contributed by atoms with van der Waals surface area (Å²) in [7, 11) is 6.70. The zero-order chi connectivity index (χ0) is 24.0. The van der Waals surface area contributed by atoms with Crippen molar-refractivity contribution >= 4 is 17.5 Å². The molecule has 1 aliphatic heterocycles. The lowest BCUT2D eigenvalue weighted by atomic mass is 9.99. The van der Waals surface area contributed by atoms with Crippen molar-refractivity contribution in [2.24, 2.45) is 12.1 Å². The fourth-order valence-electron chi connectivity index (χ4n) is 3.95. The van der Waals surface area contributed by atoms with Gasteiger partial charge in [-0.2, -0.15) is 5.10 Å². The van der Waals surface area contributed by atoms with E-state index in [1.165, 1.54) is 9.91 Å². The molecule has 0 saturated heterocycles. The molecule has 0 aliphatic carbocycles. The summed E-state index contributed by atoms with van der Waals surface area (Å²) in [6.07, 6.45) is 2.75. The van der Waals surface area contributed by atoms with E-state index in [-0.39, 0.29) is 18.4 Å². The van der Waals surface area contributed by atoms with Crippen LogP contribution in [-0.4, -0.2) is 73.0 Å². The number of hydrogen-bond acceptors (Lipinski definition) is 6. The molecule has 1 aromatic carbocycles. The van der Waals surface area contributed by atoms with Crippen molar-refractivity contribution in [1.82, 2.24) is 14.5 Å². The number of nitrogens with zero attached hydrogens (tertiary/aromatic N) is 4. The third-order valence-corrected chi connectivity index (χ3v) is 5.75. The van der Waals surface area contributed by atoms with E-state index in [0.717, 1.165) is 17.0 Å². The lowest BCUT2D eigenvalue weighted by Gasteiger charge is -2.27. The predicted octanol–water partition coefficient (Wildman–Crippen LogP) is 2.61. The fraction of sp³-hybridized carbons (Fsp3) is 0.458. The molecule has 1 aliphatic rings. The van der Waals surface area contributed by atoms with Crippen LogP contribution in [0.5, 0.6) is 11.5 Å². The zero-order valence-electron chi connectivity index (χ0n) is 19.9. The number of carbonyl (C=O) groups is 2. The summed E-state index contributed by atoms with van der Waals surface area (Å²) in [6, 6.07) is 9.02. The van der Waals surface area contributed by atoms with E-state index >= 15 is 0 Å². The van der Waals surface area contributed by atoms with Crippen LogP contribution in [0.15, 0.2) is 41.6 Å². The van der Waals surface area contributed by atoms with Crippen molar-refractivity contribution in [1.29, 1.82) is 0 Å². The SMILES string of the molecule is CCC(=O)N(CCOC)CC(=O)N1N=C(c2cccn2C)CC1c1cc(OC)ccc1OC. The average Bonchev–Trinajstić information content (AvgIpc) is 3.46. The van der Waals surface area contributed by atoms with Crippen molar-refractivity contribution in [3.63, 3.8) is 0 Å². The summed E-state index contributed by atoms with van der Waals surface area (Å²) in [5, 5.41) is 6.19. The molecule has 178 valence electrons. The first kappa shape index (κ1) is 24.3. The van der Waals surface area contributed by atoms with Gasteiger partial charge in [-0.1, -0.05) is 6.92 Å². The number of methoxy groups -OCH3 is 3. The summed E-state index contributed by atoms with van der Waals surface area (Å²) in [5.74, 6) is 0.921. The van der Waals surface area contributed by atoms with Crippen LogP contribution in [0.1, 0.15) is 37.1 Å². The smallest absolute Gasteiger partial charge is 0.262 e. The Balaban J connectivity index is 1.98. The first-order valence-electron chi connectivity index (χ1n) is 10.9. The minimum atomic E-state index is -0.395. The number of hydrazone groups is 1. The maximum Gasteiger partial charge on any atom is 0.262 e. The van der Waals surface area contributed by atoms with Crippen molar-refractivity contribution in [2.75, 3.05) is 41.0 Å². The number of amides is 2. The van der Waals surface area contributed by atoms with E-state index in [0.29, 0.717) is 37.5 Å². The minimum Gasteiger partial charge on any atom is -0.497 e. The highest BCUT2D eigenvalue weighted by Crippen LogP contribution is 2.39. The maximum atomic E-state index is 13.5. The molecule has 0 N–H and O–H groups in total. The Hall–Kier alpha value is -3.33. The molecule has 0 fully saturated rings. The standard InChI is InChI=1S/C24H32N4O5/c1-6-23(29)27(12-13-31-3)16-24(30)28-21(15-19(25-28)20-8-7-11-26(20)2)18-14-17(32-4)9-10-22(18)33-5/h7-11,14,21H,6,12-13,15-16H2,1-5H3. The second-order valence-electron chi connectivity index (χ2n) is 7.78. The highest BCUT2D eigenvalue weighted by atomic mass is 16.5. The van der Waals surface area contributed by atoms with Crippen LogP contribution in [0.4, 0.5) is 0 Å². The van der Waals surface area contributed by atoms with Gasteiger partial charge in [-0.15, -0.1) is 0 Å². The van der Waals surface area contributed by atoms with Gasteiger partial charge < -0.3 is 23.7 Å². The van der Waals surface area contributed by atoms with Crippen LogP contribution < -0.4 is 9.47 Å². The minimum absolute atomic E-state index is 0.0806. The van der Waals surface area contributed by atoms with E-state index in [4.69, 9.17) is 19.3 Å². The molecule has 0 spiro atoms. The summed E-state index contributed by atoms with van der Waals surface area (Å²) in [4.78, 5) is 27.4. The fourth-order valence-corrected chi connectivity index (χ4v) is 3.95. The summed E-state index contributed by atoms with van der Waals surface area (Å²) in [5.41, 5.74) is 2.51. The van der Waals surface area contributed by atoms with Gasteiger partial charge in [0.1, 0.15) is 18.0 Å². The van der Waals surface area contributed by atoms with Crippen LogP contribution in [0.25, 0.3) is 0 Å². The number of hydrogen-bond donors (Lipinski definition) is 0. The molecule has 0 saturated carbocycles. The molecule has 2 amide bonds. The maximum absolute atomic E-state index is 13.5. The Morgan fingerprint density at radius 1 is 1.18 bits per heavy atom. The van der Waals surface area contributed by atoms with Gasteiger partial charge in [0.15, 0.2) is 0 Å². The zero-order valence-corrected chi connectivity index (χ0v) is 19.9. The van der Waals surface area contributed by atoms with Gasteiger partial charge in [0.25, 0.3) is 5.91 Å². The topological polar surface area (TPSA) is 85.6 Å². The van der Waals surface area contributed by atoms with Crippen molar-refractivity contribution in [3.05, 3.63) is 47.8 Å². The van der Waals surface area contributed by atoms with Gasteiger partial charge in [0.05, 0.1) is 38.3 Å². The highest BCUT2D eigenvalue weighted by Gasteiger charge is 2.36. The lowest BCUT2D eigenvalue weighted by Crippen LogP contribution is -2.42. The molecule has 0 radical (unpaired) electrons. The Morgan fingerprint density at radius 3 is 2.58 bits per heavy atom. The average molecular weight is 457 g/mol. The Bertz CT molecular complexity index is 1020. The van der Waals surface area contributed by atoms with Crippen LogP contribution in [0, 0.1) is 0 Å². The predicted molar refractivity (Wildman–Crippen MR) is 124 cm³/mol. The van der Waals surface area contributed by atoms with Crippen LogP contribution in [-0.2, 0) is 21.4 Å². The van der Waals surface area contributed by atoms with Crippen molar-refractivity contribution in [3.8, 4) is 11.5 Å². The largest absolute Gasteiger partial charge is 0.497 e. The van der Waals surface area contributed by atoms with Gasteiger partial charge >= 0.3 is 0 Å². The monoisotopic (exact) mass is 456 g/mol. The summed E-state index contributed by atoms with van der Waals surface area (Å²) < 4.78 is 18.1. The molecule has 33 heavy (non-hydrogen) atoms. The van der Waals surface area contributed by atoms with Gasteiger partial charge in [0, 0.05) is 45.3 Å². The molecule has 0 bridgehead atoms. The van der Waals surface area contributed by atoms with E-state index in [1.54, 1.807) is 28.3 Å². The van der Waals surface area contributed by atoms with Crippen molar-refractivity contribution < 1.29 is 23.8 Å². The molecular weight excluding hydrogens is 424 g/mol. The van der Waals surface area contributed by atoms with Gasteiger partial charge in [-0.05, 0) is 30.3 Å². The van der Waals surface area contributed by atoms with E-state index in [2.05, 4.69) is 0 Å². The van der Waals surface area contributed by atoms with Gasteiger partial charge in [0.2, 0.25) is 5.91 Å². The summed E-state index contributed by atoms with van der Waals surface area (Å²) >= 11 is 0. The van der Waals surface area contributed by atoms with Gasteiger partial charge in [-0.25, -0.2) is 5.01 Å². The number of aryl methyl sites for hydroxylation is 1. The first-order chi connectivity index (χ1) is 15.9. The van der Waals surface area contributed by atoms with E-state index < -0.39 is 6.04 Å². The molecule has 2 aromatic rings. The normalized spacial score (nSPS) is 15.4. The van der Waals surface area contributed by atoms with Crippen molar-refractivity contribution in [2.45, 2.75) is 25.8 Å². The third-order valence-electron chi connectivity index (χ3n) is 5.75. The molecular formula is C24H32N4O5. The molecule has 3 rings (SSSR count). The van der Waals surface area contributed by atoms with Gasteiger partial charge in [-0.3, -0.25) is 9.59 Å². The highest BCUT2D eigenvalue weighted by molar-refractivity contribution is 6.02. The second kappa shape index (κ2) is 11.0. The molecule has 2 heterocycles. The number of carbonyl (C=O) groups excluding carboxylic acids is 2. The second-order valence-corrected chi connectivity index (χ2v) is 7.78. The molecule has 1 atom stereocenters. The molecule has 1 aromatic heterocycles. The Labute approximate surface area is 194 Å². The Kier molecular flexibility index (Phi) is 8.11. The number of aromatic nitrogens is 1. The molecule has 1 unspecified atom stereocenters. The van der Waals surface area contributed by atoms with Crippen LogP contribution >= 0.6 is 0 Å². The Morgan fingerprint density at radius 2 is 1.97 bits per heavy atom. The quantitative estimate of drug-likeness (QED) is 0.549. The van der Waals surface area contributed by atoms with E-state index in [1.807, 2.05) is 48.1 Å². The third kappa shape index (κ3) is 5.36. The molecule has 9 heteroatoms. The number of rotatable bonds is 10. The number of ether oxygens (including phenoxy) is 3. The van der Waals surface area contributed by atoms with Crippen LogP contribution in [0.2, 0.25) is 0 Å². The van der Waals surface area contributed by atoms with E-state index in [9.17, 15) is 9.59 Å². The lowest BCUT2D eigenvalue weighted by molar-refractivity contribution is -0.142. The summed E-state index contributed by atoms with van der Waals surface area (Å²) in [6.45, 7) is 2.38. The molecule has 9 nitrogen and oxygen atoms in total. The van der Waals surface area contributed by atoms with Crippen LogP contribution in [0.3, 0.4) is 0 Å².